The van der Waals surface area contributed by atoms with E-state index in [0.717, 1.165) is 34.7 Å². The van der Waals surface area contributed by atoms with E-state index >= 15 is 0 Å². The summed E-state index contributed by atoms with van der Waals surface area (Å²) < 4.78 is 29.8. The molecule has 0 saturated heterocycles. The van der Waals surface area contributed by atoms with Gasteiger partial charge >= 0.3 is 0 Å². The third-order valence-electron chi connectivity index (χ3n) is 4.36. The molecule has 28 heavy (non-hydrogen) atoms. The first-order valence-corrected chi connectivity index (χ1v) is 9.36. The van der Waals surface area contributed by atoms with Crippen LogP contribution in [-0.4, -0.2) is 33.0 Å². The Balaban J connectivity index is 1.59. The van der Waals surface area contributed by atoms with E-state index in [1.54, 1.807) is 7.11 Å². The number of ether oxygens (including phenoxy) is 3. The van der Waals surface area contributed by atoms with Gasteiger partial charge in [0.25, 0.3) is 0 Å². The zero-order valence-corrected chi connectivity index (χ0v) is 16.3. The summed E-state index contributed by atoms with van der Waals surface area (Å²) in [6.07, 6.45) is 0.618. The van der Waals surface area contributed by atoms with E-state index in [0.29, 0.717) is 32.1 Å². The lowest BCUT2D eigenvalue weighted by Gasteiger charge is -2.21. The largest absolute Gasteiger partial charge is 0.497 e. The SMILES string of the molecule is CCNC(=NCc1ccc(OC)cc1)NCCc1cc(F)cc2c1OCOC2. The first-order valence-electron chi connectivity index (χ1n) is 9.36. The highest BCUT2D eigenvalue weighted by atomic mass is 19.1. The van der Waals surface area contributed by atoms with Crippen LogP contribution in [0.5, 0.6) is 11.5 Å². The Kier molecular flexibility index (Phi) is 7.08. The summed E-state index contributed by atoms with van der Waals surface area (Å²) in [5, 5.41) is 6.52. The van der Waals surface area contributed by atoms with Crippen LogP contribution in [0.4, 0.5) is 4.39 Å². The van der Waals surface area contributed by atoms with Crippen molar-refractivity contribution in [2.45, 2.75) is 26.5 Å². The smallest absolute Gasteiger partial charge is 0.191 e. The van der Waals surface area contributed by atoms with Gasteiger partial charge in [-0.25, -0.2) is 9.38 Å². The number of halogens is 1. The Morgan fingerprint density at radius 1 is 1.21 bits per heavy atom. The summed E-state index contributed by atoms with van der Waals surface area (Å²) in [5.41, 5.74) is 2.67. The number of nitrogens with one attached hydrogen (secondary N) is 2. The molecule has 7 heteroatoms. The van der Waals surface area contributed by atoms with Crippen LogP contribution >= 0.6 is 0 Å². The number of fused-ring (bicyclic) bond motifs is 1. The molecule has 150 valence electrons. The standard InChI is InChI=1S/C21H26FN3O3/c1-3-23-21(25-12-15-4-6-19(26-2)7-5-15)24-9-8-16-10-18(22)11-17-13-27-14-28-20(16)17/h4-7,10-11H,3,8-9,12-14H2,1-2H3,(H2,23,24,25). The zero-order valence-electron chi connectivity index (χ0n) is 16.3. The second-order valence-corrected chi connectivity index (χ2v) is 6.38. The van der Waals surface area contributed by atoms with Crippen LogP contribution in [0.1, 0.15) is 23.6 Å². The molecule has 2 N–H and O–H groups in total. The monoisotopic (exact) mass is 387 g/mol. The van der Waals surface area contributed by atoms with Crippen molar-refractivity contribution in [1.29, 1.82) is 0 Å². The molecule has 0 atom stereocenters. The summed E-state index contributed by atoms with van der Waals surface area (Å²) >= 11 is 0. The number of methoxy groups -OCH3 is 1. The number of benzene rings is 2. The lowest BCUT2D eigenvalue weighted by atomic mass is 10.1. The molecule has 0 aromatic heterocycles. The highest BCUT2D eigenvalue weighted by Crippen LogP contribution is 2.29. The molecule has 3 rings (SSSR count). The van der Waals surface area contributed by atoms with Gasteiger partial charge in [0.15, 0.2) is 12.8 Å². The minimum Gasteiger partial charge on any atom is -0.497 e. The Labute approximate surface area is 164 Å². The maximum absolute atomic E-state index is 13.8. The Morgan fingerprint density at radius 2 is 2.04 bits per heavy atom. The van der Waals surface area contributed by atoms with Crippen LogP contribution in [-0.2, 0) is 24.3 Å². The maximum atomic E-state index is 13.8. The third-order valence-corrected chi connectivity index (χ3v) is 4.36. The molecule has 0 bridgehead atoms. The van der Waals surface area contributed by atoms with Gasteiger partial charge in [-0.3, -0.25) is 0 Å². The molecule has 0 radical (unpaired) electrons. The van der Waals surface area contributed by atoms with Gasteiger partial charge in [-0.2, -0.15) is 0 Å². The van der Waals surface area contributed by atoms with Crippen LogP contribution in [0, 0.1) is 5.82 Å². The van der Waals surface area contributed by atoms with Gasteiger partial charge in [0, 0.05) is 18.7 Å². The van der Waals surface area contributed by atoms with E-state index in [2.05, 4.69) is 15.6 Å². The molecule has 6 nitrogen and oxygen atoms in total. The fraction of sp³-hybridized carbons (Fsp3) is 0.381. The van der Waals surface area contributed by atoms with Crippen molar-refractivity contribution < 1.29 is 18.6 Å². The molecule has 1 aliphatic heterocycles. The van der Waals surface area contributed by atoms with Gasteiger partial charge < -0.3 is 24.8 Å². The highest BCUT2D eigenvalue weighted by molar-refractivity contribution is 5.79. The molecule has 1 heterocycles. The van der Waals surface area contributed by atoms with Crippen molar-refractivity contribution >= 4 is 5.96 Å². The number of rotatable bonds is 7. The Hall–Kier alpha value is -2.80. The molecule has 2 aromatic rings. The molecule has 0 aliphatic carbocycles. The minimum absolute atomic E-state index is 0.199. The Morgan fingerprint density at radius 3 is 2.79 bits per heavy atom. The van der Waals surface area contributed by atoms with Crippen LogP contribution in [0.15, 0.2) is 41.4 Å². The lowest BCUT2D eigenvalue weighted by molar-refractivity contribution is -0.0172. The predicted molar refractivity (Wildman–Crippen MR) is 106 cm³/mol. The fourth-order valence-electron chi connectivity index (χ4n) is 3.00. The van der Waals surface area contributed by atoms with E-state index in [1.807, 2.05) is 31.2 Å². The highest BCUT2D eigenvalue weighted by Gasteiger charge is 2.16. The summed E-state index contributed by atoms with van der Waals surface area (Å²) in [6.45, 7) is 4.50. The zero-order chi connectivity index (χ0) is 19.8. The van der Waals surface area contributed by atoms with E-state index in [-0.39, 0.29) is 12.6 Å². The molecule has 0 amide bonds. The van der Waals surface area contributed by atoms with Gasteiger partial charge in [0.1, 0.15) is 17.3 Å². The number of nitrogens with zero attached hydrogens (tertiary/aromatic N) is 1. The summed E-state index contributed by atoms with van der Waals surface area (Å²) in [7, 11) is 1.65. The molecular formula is C21H26FN3O3. The molecule has 0 spiro atoms. The maximum Gasteiger partial charge on any atom is 0.191 e. The van der Waals surface area contributed by atoms with Gasteiger partial charge in [-0.1, -0.05) is 12.1 Å². The van der Waals surface area contributed by atoms with Crippen molar-refractivity contribution in [1.82, 2.24) is 10.6 Å². The quantitative estimate of drug-likeness (QED) is 0.565. The first kappa shape index (κ1) is 19.9. The normalized spacial score (nSPS) is 13.5. The summed E-state index contributed by atoms with van der Waals surface area (Å²) in [6, 6.07) is 10.8. The van der Waals surface area contributed by atoms with Crippen molar-refractivity contribution in [2.75, 3.05) is 27.0 Å². The first-order chi connectivity index (χ1) is 13.7. The van der Waals surface area contributed by atoms with Crippen molar-refractivity contribution in [3.8, 4) is 11.5 Å². The van der Waals surface area contributed by atoms with E-state index < -0.39 is 0 Å². The average Bonchev–Trinajstić information content (AvgIpc) is 2.72. The third kappa shape index (κ3) is 5.36. The molecular weight excluding hydrogens is 361 g/mol. The van der Waals surface area contributed by atoms with Crippen molar-refractivity contribution in [2.24, 2.45) is 4.99 Å². The second kappa shape index (κ2) is 9.94. The number of guanidine groups is 1. The lowest BCUT2D eigenvalue weighted by Crippen LogP contribution is -2.38. The fourth-order valence-corrected chi connectivity index (χ4v) is 3.00. The number of hydrogen-bond acceptors (Lipinski definition) is 4. The van der Waals surface area contributed by atoms with Crippen LogP contribution in [0.25, 0.3) is 0 Å². The summed E-state index contributed by atoms with van der Waals surface area (Å²) in [4.78, 5) is 4.60. The number of aliphatic imine (C=N–C) groups is 1. The van der Waals surface area contributed by atoms with Crippen LogP contribution < -0.4 is 20.1 Å². The second-order valence-electron chi connectivity index (χ2n) is 6.38. The van der Waals surface area contributed by atoms with Crippen LogP contribution in [0.2, 0.25) is 0 Å². The van der Waals surface area contributed by atoms with Crippen LogP contribution in [0.3, 0.4) is 0 Å². The molecule has 0 saturated carbocycles. The van der Waals surface area contributed by atoms with Gasteiger partial charge in [0.2, 0.25) is 0 Å². The molecule has 1 aliphatic rings. The minimum atomic E-state index is -0.275. The Bertz CT molecular complexity index is 809. The molecule has 2 aromatic carbocycles. The molecule has 0 unspecified atom stereocenters. The molecule has 0 fully saturated rings. The van der Waals surface area contributed by atoms with Gasteiger partial charge in [-0.15, -0.1) is 0 Å². The van der Waals surface area contributed by atoms with E-state index in [4.69, 9.17) is 14.2 Å². The summed E-state index contributed by atoms with van der Waals surface area (Å²) in [5.74, 6) is 1.99. The topological polar surface area (TPSA) is 64.1 Å². The predicted octanol–water partition coefficient (Wildman–Crippen LogP) is 3.00. The van der Waals surface area contributed by atoms with Gasteiger partial charge in [0.05, 0.1) is 20.3 Å². The number of hydrogen-bond donors (Lipinski definition) is 2. The average molecular weight is 387 g/mol. The van der Waals surface area contributed by atoms with Crippen molar-refractivity contribution in [3.05, 3.63) is 58.9 Å². The van der Waals surface area contributed by atoms with Gasteiger partial charge in [-0.05, 0) is 48.7 Å². The van der Waals surface area contributed by atoms with E-state index in [9.17, 15) is 4.39 Å². The van der Waals surface area contributed by atoms with E-state index in [1.165, 1.54) is 12.1 Å². The van der Waals surface area contributed by atoms with Crippen molar-refractivity contribution in [3.63, 3.8) is 0 Å².